The van der Waals surface area contributed by atoms with E-state index in [1.165, 1.54) is 24.2 Å². The minimum absolute atomic E-state index is 0.103. The van der Waals surface area contributed by atoms with Crippen LogP contribution in [0.4, 0.5) is 0 Å². The van der Waals surface area contributed by atoms with Crippen LogP contribution >= 0.6 is 11.3 Å². The van der Waals surface area contributed by atoms with E-state index in [2.05, 4.69) is 15.2 Å². The van der Waals surface area contributed by atoms with Gasteiger partial charge in [0.05, 0.1) is 17.3 Å². The second-order valence-corrected chi connectivity index (χ2v) is 6.30. The highest BCUT2D eigenvalue weighted by Crippen LogP contribution is 2.25. The van der Waals surface area contributed by atoms with Gasteiger partial charge in [0.2, 0.25) is 0 Å². The van der Waals surface area contributed by atoms with E-state index in [4.69, 9.17) is 4.42 Å². The van der Waals surface area contributed by atoms with Crippen LogP contribution in [0, 0.1) is 6.92 Å². The molecule has 0 spiro atoms. The van der Waals surface area contributed by atoms with Gasteiger partial charge >= 0.3 is 0 Å². The van der Waals surface area contributed by atoms with Gasteiger partial charge in [0.15, 0.2) is 0 Å². The van der Waals surface area contributed by atoms with E-state index in [-0.39, 0.29) is 11.9 Å². The number of rotatable bonds is 5. The van der Waals surface area contributed by atoms with Crippen LogP contribution in [0.25, 0.3) is 0 Å². The van der Waals surface area contributed by atoms with E-state index < -0.39 is 0 Å². The molecule has 1 aliphatic heterocycles. The Balaban J connectivity index is 1.66. The highest BCUT2D eigenvalue weighted by atomic mass is 32.1. The summed E-state index contributed by atoms with van der Waals surface area (Å²) in [6.45, 7) is 4.55. The second-order valence-electron chi connectivity index (χ2n) is 5.24. The predicted octanol–water partition coefficient (Wildman–Crippen LogP) is 2.61. The van der Waals surface area contributed by atoms with Gasteiger partial charge in [-0.2, -0.15) is 0 Å². The summed E-state index contributed by atoms with van der Waals surface area (Å²) >= 11 is 1.49. The van der Waals surface area contributed by atoms with E-state index in [0.29, 0.717) is 12.2 Å². The van der Waals surface area contributed by atoms with Crippen molar-refractivity contribution in [2.75, 3.05) is 19.6 Å². The molecule has 6 heteroatoms. The maximum atomic E-state index is 12.1. The molecule has 0 unspecified atom stereocenters. The zero-order valence-electron chi connectivity index (χ0n) is 12.0. The largest absolute Gasteiger partial charge is 0.468 e. The number of likely N-dealkylation sites (tertiary alicyclic amines) is 1. The Bertz CT molecular complexity index is 588. The maximum absolute atomic E-state index is 12.1. The fraction of sp³-hybridized carbons (Fsp3) is 0.467. The van der Waals surface area contributed by atoms with Crippen molar-refractivity contribution < 1.29 is 9.21 Å². The lowest BCUT2D eigenvalue weighted by Crippen LogP contribution is -2.36. The summed E-state index contributed by atoms with van der Waals surface area (Å²) in [5.41, 5.74) is 0.497. The first kappa shape index (κ1) is 14.3. The average Bonchev–Trinajstić information content (AvgIpc) is 3.21. The summed E-state index contributed by atoms with van der Waals surface area (Å²) in [5, 5.41) is 5.68. The number of carbonyl (C=O) groups is 1. The highest BCUT2D eigenvalue weighted by Gasteiger charge is 2.26. The normalized spacial score (nSPS) is 17.0. The van der Waals surface area contributed by atoms with Gasteiger partial charge in [-0.15, -0.1) is 11.3 Å². The molecule has 1 atom stereocenters. The Hall–Kier alpha value is -1.66. The molecule has 2 aromatic rings. The van der Waals surface area contributed by atoms with E-state index in [1.807, 2.05) is 19.1 Å². The first-order valence-corrected chi connectivity index (χ1v) is 8.10. The number of nitrogens with zero attached hydrogens (tertiary/aromatic N) is 2. The van der Waals surface area contributed by atoms with Gasteiger partial charge in [0, 0.05) is 11.9 Å². The Morgan fingerprint density at radius 1 is 1.52 bits per heavy atom. The molecule has 112 valence electrons. The topological polar surface area (TPSA) is 58.4 Å². The van der Waals surface area contributed by atoms with Crippen LogP contribution in [-0.4, -0.2) is 35.4 Å². The van der Waals surface area contributed by atoms with Crippen molar-refractivity contribution in [3.8, 4) is 0 Å². The van der Waals surface area contributed by atoms with E-state index in [1.54, 1.807) is 11.6 Å². The number of furan rings is 1. The van der Waals surface area contributed by atoms with Gasteiger partial charge in [-0.1, -0.05) is 0 Å². The third-order valence-corrected chi connectivity index (χ3v) is 4.53. The quantitative estimate of drug-likeness (QED) is 0.922. The first-order valence-electron chi connectivity index (χ1n) is 7.22. The molecule has 1 aliphatic rings. The molecule has 0 aromatic carbocycles. The molecule has 3 heterocycles. The van der Waals surface area contributed by atoms with Gasteiger partial charge in [-0.25, -0.2) is 4.98 Å². The summed E-state index contributed by atoms with van der Waals surface area (Å²) in [6.07, 6.45) is 4.09. The molecule has 1 saturated heterocycles. The number of hydrogen-bond donors (Lipinski definition) is 1. The van der Waals surface area contributed by atoms with E-state index in [0.717, 1.165) is 23.9 Å². The average molecular weight is 305 g/mol. The predicted molar refractivity (Wildman–Crippen MR) is 81.4 cm³/mol. The summed E-state index contributed by atoms with van der Waals surface area (Å²) < 4.78 is 5.54. The number of aromatic nitrogens is 1. The van der Waals surface area contributed by atoms with Gasteiger partial charge in [-0.3, -0.25) is 9.69 Å². The van der Waals surface area contributed by atoms with Crippen LogP contribution in [0.5, 0.6) is 0 Å². The molecule has 1 amide bonds. The van der Waals surface area contributed by atoms with Crippen molar-refractivity contribution in [3.63, 3.8) is 0 Å². The molecule has 21 heavy (non-hydrogen) atoms. The van der Waals surface area contributed by atoms with Gasteiger partial charge in [0.25, 0.3) is 5.91 Å². The standard InChI is InChI=1S/C15H19N3O2S/c1-11-17-12(10-21-11)15(19)16-9-13(14-5-4-8-20-14)18-6-2-3-7-18/h4-5,8,10,13H,2-3,6-7,9H2,1H3,(H,16,19)/t13-/m0/s1. The number of amides is 1. The molecule has 0 bridgehead atoms. The van der Waals surface area contributed by atoms with Crippen LogP contribution in [0.15, 0.2) is 28.2 Å². The van der Waals surface area contributed by atoms with Crippen molar-refractivity contribution >= 4 is 17.2 Å². The van der Waals surface area contributed by atoms with Crippen LogP contribution < -0.4 is 5.32 Å². The van der Waals surface area contributed by atoms with Crippen molar-refractivity contribution in [3.05, 3.63) is 40.2 Å². The number of nitrogens with one attached hydrogen (secondary N) is 1. The SMILES string of the molecule is Cc1nc(C(=O)NC[C@@H](c2ccco2)N2CCCC2)cs1. The van der Waals surface area contributed by atoms with E-state index >= 15 is 0 Å². The van der Waals surface area contributed by atoms with Crippen molar-refractivity contribution in [1.29, 1.82) is 0 Å². The number of carbonyl (C=O) groups excluding carboxylic acids is 1. The maximum Gasteiger partial charge on any atom is 0.270 e. The number of hydrogen-bond acceptors (Lipinski definition) is 5. The zero-order chi connectivity index (χ0) is 14.7. The molecular formula is C15H19N3O2S. The Kier molecular flexibility index (Phi) is 4.36. The fourth-order valence-corrected chi connectivity index (χ4v) is 3.28. The minimum atomic E-state index is -0.116. The molecule has 2 aromatic heterocycles. The highest BCUT2D eigenvalue weighted by molar-refractivity contribution is 7.09. The second kappa shape index (κ2) is 6.41. The minimum Gasteiger partial charge on any atom is -0.468 e. The zero-order valence-corrected chi connectivity index (χ0v) is 12.9. The Morgan fingerprint density at radius 3 is 2.95 bits per heavy atom. The van der Waals surface area contributed by atoms with Crippen LogP contribution in [0.2, 0.25) is 0 Å². The summed E-state index contributed by atoms with van der Waals surface area (Å²) in [7, 11) is 0. The first-order chi connectivity index (χ1) is 10.2. The third kappa shape index (κ3) is 3.33. The molecule has 3 rings (SSSR count). The molecule has 0 saturated carbocycles. The molecule has 1 fully saturated rings. The van der Waals surface area contributed by atoms with Crippen LogP contribution in [0.1, 0.15) is 40.1 Å². The Labute approximate surface area is 128 Å². The van der Waals surface area contributed by atoms with E-state index in [9.17, 15) is 4.79 Å². The molecule has 0 radical (unpaired) electrons. The lowest BCUT2D eigenvalue weighted by molar-refractivity contribution is 0.0929. The number of aryl methyl sites for hydroxylation is 1. The number of thiazole rings is 1. The van der Waals surface area contributed by atoms with Crippen molar-refractivity contribution in [2.45, 2.75) is 25.8 Å². The molecule has 5 nitrogen and oxygen atoms in total. The lowest BCUT2D eigenvalue weighted by Gasteiger charge is -2.25. The van der Waals surface area contributed by atoms with Gasteiger partial charge in [0.1, 0.15) is 11.5 Å². The van der Waals surface area contributed by atoms with Crippen LogP contribution in [-0.2, 0) is 0 Å². The van der Waals surface area contributed by atoms with Gasteiger partial charge < -0.3 is 9.73 Å². The van der Waals surface area contributed by atoms with Gasteiger partial charge in [-0.05, 0) is 45.0 Å². The smallest absolute Gasteiger partial charge is 0.270 e. The van der Waals surface area contributed by atoms with Crippen molar-refractivity contribution in [2.24, 2.45) is 0 Å². The molecule has 1 N–H and O–H groups in total. The summed E-state index contributed by atoms with van der Waals surface area (Å²) in [6, 6.07) is 3.97. The third-order valence-electron chi connectivity index (χ3n) is 3.76. The fourth-order valence-electron chi connectivity index (χ4n) is 2.69. The lowest BCUT2D eigenvalue weighted by atomic mass is 10.2. The Morgan fingerprint density at radius 2 is 2.33 bits per heavy atom. The summed E-state index contributed by atoms with van der Waals surface area (Å²) in [4.78, 5) is 18.7. The molecular weight excluding hydrogens is 286 g/mol. The monoisotopic (exact) mass is 305 g/mol. The summed E-state index contributed by atoms with van der Waals surface area (Å²) in [5.74, 6) is 0.793. The molecule has 0 aliphatic carbocycles. The van der Waals surface area contributed by atoms with Crippen molar-refractivity contribution in [1.82, 2.24) is 15.2 Å². The van der Waals surface area contributed by atoms with Crippen LogP contribution in [0.3, 0.4) is 0 Å².